The highest BCUT2D eigenvalue weighted by Gasteiger charge is 2.17. The molecule has 162 valence electrons. The van der Waals surface area contributed by atoms with Crippen LogP contribution in [0.4, 0.5) is 0 Å². The second-order valence-corrected chi connectivity index (χ2v) is 8.25. The second-order valence-electron chi connectivity index (χ2n) is 7.22. The van der Waals surface area contributed by atoms with Crippen molar-refractivity contribution in [3.05, 3.63) is 75.2 Å². The van der Waals surface area contributed by atoms with E-state index in [4.69, 9.17) is 9.47 Å². The van der Waals surface area contributed by atoms with E-state index in [1.54, 1.807) is 35.6 Å². The number of hydrogen-bond donors (Lipinski definition) is 0. The molecular formula is C24H25NO5S. The number of thiophene rings is 1. The molecule has 0 spiro atoms. The number of nitrogens with zero attached hydrogens (tertiary/aromatic N) is 1. The quantitative estimate of drug-likeness (QED) is 0.345. The SMILES string of the molecule is CC(=O)c1ccc(OCC(=O)OCC(=O)c2cc(C)n(CCc3cccs3)c2C)cc1. The third kappa shape index (κ3) is 5.92. The summed E-state index contributed by atoms with van der Waals surface area (Å²) in [5, 5.41) is 2.05. The van der Waals surface area contributed by atoms with Crippen molar-refractivity contribution in [1.29, 1.82) is 0 Å². The topological polar surface area (TPSA) is 74.6 Å². The maximum absolute atomic E-state index is 12.6. The molecule has 3 aromatic rings. The molecule has 0 aliphatic rings. The van der Waals surface area contributed by atoms with Gasteiger partial charge in [0, 0.05) is 33.9 Å². The fourth-order valence-corrected chi connectivity index (χ4v) is 4.00. The van der Waals surface area contributed by atoms with Gasteiger partial charge in [-0.2, -0.15) is 0 Å². The Morgan fingerprint density at radius 3 is 2.42 bits per heavy atom. The number of Topliss-reactive ketones (excluding diaryl/α,β-unsaturated/α-hetero) is 2. The highest BCUT2D eigenvalue weighted by atomic mass is 32.1. The molecule has 0 saturated carbocycles. The van der Waals surface area contributed by atoms with Crippen molar-refractivity contribution in [3.8, 4) is 5.75 Å². The minimum atomic E-state index is -0.629. The molecule has 0 N–H and O–H groups in total. The van der Waals surface area contributed by atoms with Crippen molar-refractivity contribution in [2.24, 2.45) is 0 Å². The van der Waals surface area contributed by atoms with E-state index in [-0.39, 0.29) is 24.8 Å². The molecule has 0 fully saturated rings. The molecule has 2 aromatic heterocycles. The smallest absolute Gasteiger partial charge is 0.344 e. The summed E-state index contributed by atoms with van der Waals surface area (Å²) in [4.78, 5) is 37.1. The molecule has 7 heteroatoms. The van der Waals surface area contributed by atoms with Gasteiger partial charge in [0.25, 0.3) is 0 Å². The van der Waals surface area contributed by atoms with Crippen molar-refractivity contribution >= 4 is 28.9 Å². The van der Waals surface area contributed by atoms with Gasteiger partial charge in [-0.1, -0.05) is 6.07 Å². The van der Waals surface area contributed by atoms with Crippen LogP contribution in [0.3, 0.4) is 0 Å². The van der Waals surface area contributed by atoms with Gasteiger partial charge in [-0.05, 0) is 69.0 Å². The summed E-state index contributed by atoms with van der Waals surface area (Å²) in [6.07, 6.45) is 0.904. The van der Waals surface area contributed by atoms with Crippen molar-refractivity contribution in [3.63, 3.8) is 0 Å². The van der Waals surface area contributed by atoms with Gasteiger partial charge in [0.05, 0.1) is 0 Å². The largest absolute Gasteiger partial charge is 0.482 e. The number of ether oxygens (including phenoxy) is 2. The monoisotopic (exact) mass is 439 g/mol. The van der Waals surface area contributed by atoms with Crippen LogP contribution < -0.4 is 4.74 Å². The Morgan fingerprint density at radius 1 is 1.03 bits per heavy atom. The van der Waals surface area contributed by atoms with E-state index in [1.807, 2.05) is 26.0 Å². The van der Waals surface area contributed by atoms with E-state index < -0.39 is 5.97 Å². The molecule has 1 aromatic carbocycles. The fraction of sp³-hybridized carbons (Fsp3) is 0.292. The number of aryl methyl sites for hydroxylation is 2. The Labute approximate surface area is 185 Å². The summed E-state index contributed by atoms with van der Waals surface area (Å²) < 4.78 is 12.6. The Balaban J connectivity index is 1.50. The van der Waals surface area contributed by atoms with Crippen LogP contribution in [-0.4, -0.2) is 35.3 Å². The summed E-state index contributed by atoms with van der Waals surface area (Å²) in [6.45, 7) is 5.50. The van der Waals surface area contributed by atoms with Gasteiger partial charge in [0.15, 0.2) is 19.0 Å². The minimum absolute atomic E-state index is 0.0460. The van der Waals surface area contributed by atoms with Gasteiger partial charge in [-0.25, -0.2) is 4.79 Å². The van der Waals surface area contributed by atoms with Crippen LogP contribution in [0.15, 0.2) is 47.8 Å². The summed E-state index contributed by atoms with van der Waals surface area (Å²) >= 11 is 1.72. The van der Waals surface area contributed by atoms with Crippen LogP contribution >= 0.6 is 11.3 Å². The summed E-state index contributed by atoms with van der Waals surface area (Å²) in [6, 6.07) is 12.4. The number of carbonyl (C=O) groups is 3. The maximum atomic E-state index is 12.6. The van der Waals surface area contributed by atoms with Crippen LogP contribution in [-0.2, 0) is 22.5 Å². The van der Waals surface area contributed by atoms with Crippen molar-refractivity contribution in [1.82, 2.24) is 4.57 Å². The molecule has 6 nitrogen and oxygen atoms in total. The third-order valence-corrected chi connectivity index (χ3v) is 5.95. The van der Waals surface area contributed by atoms with E-state index in [1.165, 1.54) is 11.8 Å². The first-order valence-electron chi connectivity index (χ1n) is 9.97. The van der Waals surface area contributed by atoms with Crippen LogP contribution in [0.2, 0.25) is 0 Å². The standard InChI is InChI=1S/C24H25NO5S/c1-16-13-22(17(2)25(16)11-10-21-5-4-12-31-21)23(27)14-30-24(28)15-29-20-8-6-19(7-9-20)18(3)26/h4-9,12-13H,10-11,14-15H2,1-3H3. The van der Waals surface area contributed by atoms with Gasteiger partial charge < -0.3 is 14.0 Å². The summed E-state index contributed by atoms with van der Waals surface area (Å²) in [5.41, 5.74) is 3.00. The molecule has 31 heavy (non-hydrogen) atoms. The van der Waals surface area contributed by atoms with Gasteiger partial charge in [-0.15, -0.1) is 11.3 Å². The molecule has 0 bridgehead atoms. The predicted octanol–water partition coefficient (Wildman–Crippen LogP) is 4.42. The maximum Gasteiger partial charge on any atom is 0.344 e. The van der Waals surface area contributed by atoms with Crippen LogP contribution in [0.25, 0.3) is 0 Å². The van der Waals surface area contributed by atoms with E-state index in [0.717, 1.165) is 24.4 Å². The first kappa shape index (κ1) is 22.5. The van der Waals surface area contributed by atoms with Crippen molar-refractivity contribution in [2.75, 3.05) is 13.2 Å². The zero-order valence-electron chi connectivity index (χ0n) is 17.8. The van der Waals surface area contributed by atoms with Crippen molar-refractivity contribution < 1.29 is 23.9 Å². The van der Waals surface area contributed by atoms with E-state index in [0.29, 0.717) is 16.9 Å². The predicted molar refractivity (Wildman–Crippen MR) is 119 cm³/mol. The first-order chi connectivity index (χ1) is 14.8. The Bertz CT molecular complexity index is 1060. The molecule has 0 aliphatic heterocycles. The summed E-state index contributed by atoms with van der Waals surface area (Å²) in [5.74, 6) is -0.469. The number of aromatic nitrogens is 1. The summed E-state index contributed by atoms with van der Waals surface area (Å²) in [7, 11) is 0. The molecule has 0 aliphatic carbocycles. The zero-order chi connectivity index (χ0) is 22.4. The Morgan fingerprint density at radius 2 is 1.77 bits per heavy atom. The van der Waals surface area contributed by atoms with Gasteiger partial charge in [0.1, 0.15) is 5.75 Å². The molecule has 2 heterocycles. The van der Waals surface area contributed by atoms with E-state index in [2.05, 4.69) is 16.0 Å². The highest BCUT2D eigenvalue weighted by Crippen LogP contribution is 2.18. The number of esters is 1. The van der Waals surface area contributed by atoms with Gasteiger partial charge in [-0.3, -0.25) is 9.59 Å². The molecule has 0 saturated heterocycles. The van der Waals surface area contributed by atoms with Crippen LogP contribution in [0, 0.1) is 13.8 Å². The molecule has 3 rings (SSSR count). The molecular weight excluding hydrogens is 414 g/mol. The lowest BCUT2D eigenvalue weighted by atomic mass is 10.1. The zero-order valence-corrected chi connectivity index (χ0v) is 18.7. The molecule has 0 unspecified atom stereocenters. The lowest BCUT2D eigenvalue weighted by Gasteiger charge is -2.09. The van der Waals surface area contributed by atoms with Gasteiger partial charge in [0.2, 0.25) is 5.78 Å². The lowest BCUT2D eigenvalue weighted by Crippen LogP contribution is -2.20. The Kier molecular flexibility index (Phi) is 7.41. The average molecular weight is 440 g/mol. The number of benzene rings is 1. The lowest BCUT2D eigenvalue weighted by molar-refractivity contribution is -0.144. The van der Waals surface area contributed by atoms with Crippen molar-refractivity contribution in [2.45, 2.75) is 33.7 Å². The second kappa shape index (κ2) is 10.2. The van der Waals surface area contributed by atoms with E-state index in [9.17, 15) is 14.4 Å². The number of ketones is 2. The molecule has 0 amide bonds. The fourth-order valence-electron chi connectivity index (χ4n) is 3.30. The highest BCUT2D eigenvalue weighted by molar-refractivity contribution is 7.09. The average Bonchev–Trinajstić information content (AvgIpc) is 3.37. The first-order valence-corrected chi connectivity index (χ1v) is 10.8. The minimum Gasteiger partial charge on any atom is -0.482 e. The number of carbonyl (C=O) groups excluding carboxylic acids is 3. The molecule has 0 atom stereocenters. The van der Waals surface area contributed by atoms with Crippen LogP contribution in [0.5, 0.6) is 5.75 Å². The van der Waals surface area contributed by atoms with E-state index >= 15 is 0 Å². The number of hydrogen-bond acceptors (Lipinski definition) is 6. The van der Waals surface area contributed by atoms with Crippen LogP contribution in [0.1, 0.15) is 43.9 Å². The Hall–Kier alpha value is -3.19. The number of rotatable bonds is 10. The van der Waals surface area contributed by atoms with Gasteiger partial charge >= 0.3 is 5.97 Å². The normalized spacial score (nSPS) is 10.7. The molecule has 0 radical (unpaired) electrons. The third-order valence-electron chi connectivity index (χ3n) is 5.02.